The van der Waals surface area contributed by atoms with Crippen LogP contribution in [-0.4, -0.2) is 24.7 Å². The number of nitrogens with one attached hydrogen (secondary N) is 2. The summed E-state index contributed by atoms with van der Waals surface area (Å²) in [6.45, 7) is 3.73. The highest BCUT2D eigenvalue weighted by molar-refractivity contribution is 6.32. The van der Waals surface area contributed by atoms with Crippen molar-refractivity contribution in [2.75, 3.05) is 5.32 Å². The number of nitrogens with zero attached hydrogens (tertiary/aromatic N) is 4. The van der Waals surface area contributed by atoms with E-state index in [1.807, 2.05) is 38.1 Å². The second kappa shape index (κ2) is 6.27. The van der Waals surface area contributed by atoms with Crippen LogP contribution in [0.25, 0.3) is 16.6 Å². The number of H-pyrrole nitrogens is 1. The van der Waals surface area contributed by atoms with Crippen LogP contribution in [-0.2, 0) is 0 Å². The molecular weight excluding hydrogens is 352 g/mol. The van der Waals surface area contributed by atoms with Gasteiger partial charge >= 0.3 is 0 Å². The number of hydrogen-bond acceptors (Lipinski definition) is 5. The van der Waals surface area contributed by atoms with Gasteiger partial charge in [-0.05, 0) is 26.0 Å². The largest absolute Gasteiger partial charge is 0.325 e. The molecule has 3 aromatic heterocycles. The molecule has 1 aromatic carbocycles. The number of pyridine rings is 1. The lowest BCUT2D eigenvalue weighted by Gasteiger charge is -2.09. The van der Waals surface area contributed by atoms with Gasteiger partial charge in [-0.25, -0.2) is 15.0 Å². The first-order chi connectivity index (χ1) is 12.5. The zero-order chi connectivity index (χ0) is 18.3. The van der Waals surface area contributed by atoms with Crippen molar-refractivity contribution in [3.8, 4) is 5.69 Å². The number of rotatable bonds is 3. The summed E-state index contributed by atoms with van der Waals surface area (Å²) in [4.78, 5) is 25.2. The van der Waals surface area contributed by atoms with Crippen LogP contribution >= 0.6 is 11.6 Å². The molecule has 4 rings (SSSR count). The fraction of sp³-hybridized carbons (Fsp3) is 0.111. The van der Waals surface area contributed by atoms with Crippen LogP contribution in [0.4, 0.5) is 11.6 Å². The Kier molecular flexibility index (Phi) is 3.93. The van der Waals surface area contributed by atoms with Gasteiger partial charge in [0.25, 0.3) is 5.56 Å². The number of halogens is 1. The number of para-hydroxylation sites is 1. The average molecular weight is 367 g/mol. The molecule has 0 fully saturated rings. The molecular formula is C18H15ClN6O. The predicted molar refractivity (Wildman–Crippen MR) is 101 cm³/mol. The smallest absolute Gasteiger partial charge is 0.273 e. The summed E-state index contributed by atoms with van der Waals surface area (Å²) in [5.41, 5.74) is 1.98. The van der Waals surface area contributed by atoms with E-state index in [9.17, 15) is 4.79 Å². The Bertz CT molecular complexity index is 1160. The van der Waals surface area contributed by atoms with Crippen LogP contribution in [0, 0.1) is 13.8 Å². The minimum Gasteiger partial charge on any atom is -0.325 e. The van der Waals surface area contributed by atoms with Crippen molar-refractivity contribution in [3.05, 3.63) is 69.5 Å². The normalized spacial score (nSPS) is 11.0. The number of benzene rings is 1. The van der Waals surface area contributed by atoms with Gasteiger partial charge in [0.1, 0.15) is 17.5 Å². The molecule has 0 aliphatic rings. The quantitative estimate of drug-likeness (QED) is 0.579. The molecule has 0 amide bonds. The van der Waals surface area contributed by atoms with Crippen molar-refractivity contribution in [1.82, 2.24) is 24.7 Å². The summed E-state index contributed by atoms with van der Waals surface area (Å²) in [6.07, 6.45) is 1.53. The van der Waals surface area contributed by atoms with E-state index in [4.69, 9.17) is 11.6 Å². The molecule has 0 saturated heterocycles. The number of aryl methyl sites for hydroxylation is 2. The van der Waals surface area contributed by atoms with Gasteiger partial charge in [-0.3, -0.25) is 14.6 Å². The second-order valence-electron chi connectivity index (χ2n) is 5.88. The zero-order valence-corrected chi connectivity index (χ0v) is 14.9. The Hall–Kier alpha value is -3.19. The summed E-state index contributed by atoms with van der Waals surface area (Å²) in [5, 5.41) is 6.97. The molecule has 2 N–H and O–H groups in total. The van der Waals surface area contributed by atoms with Crippen LogP contribution in [0.3, 0.4) is 0 Å². The first-order valence-corrected chi connectivity index (χ1v) is 8.34. The maximum Gasteiger partial charge on any atom is 0.273 e. The molecule has 26 heavy (non-hydrogen) atoms. The van der Waals surface area contributed by atoms with Gasteiger partial charge in [0, 0.05) is 24.0 Å². The van der Waals surface area contributed by atoms with Crippen molar-refractivity contribution in [1.29, 1.82) is 0 Å². The van der Waals surface area contributed by atoms with Gasteiger partial charge in [0.2, 0.25) is 0 Å². The maximum atomic E-state index is 12.2. The number of fused-ring (bicyclic) bond motifs is 1. The minimum atomic E-state index is -0.229. The number of aromatic amines is 1. The molecule has 8 heteroatoms. The first-order valence-electron chi connectivity index (χ1n) is 7.96. The van der Waals surface area contributed by atoms with E-state index < -0.39 is 0 Å². The first kappa shape index (κ1) is 16.3. The van der Waals surface area contributed by atoms with Crippen molar-refractivity contribution in [3.63, 3.8) is 0 Å². The van der Waals surface area contributed by atoms with Crippen molar-refractivity contribution >= 4 is 34.1 Å². The fourth-order valence-electron chi connectivity index (χ4n) is 2.83. The Morgan fingerprint density at radius 3 is 2.69 bits per heavy atom. The standard InChI is InChI=1S/C18H15ClN6O/c1-10-7-17(22-11(2)21-10)23-16-8-15-12(9-20-16)18(26)24-25(15)14-6-4-3-5-13(14)19/h3-9H,1-2H3,(H,24,26)(H,20,21,22,23). The predicted octanol–water partition coefficient (Wildman–Crippen LogP) is 3.52. The lowest BCUT2D eigenvalue weighted by Crippen LogP contribution is -2.04. The van der Waals surface area contributed by atoms with E-state index in [0.717, 1.165) is 5.69 Å². The molecule has 0 atom stereocenters. The third-order valence-corrected chi connectivity index (χ3v) is 4.22. The zero-order valence-electron chi connectivity index (χ0n) is 14.1. The van der Waals surface area contributed by atoms with E-state index in [1.54, 1.807) is 16.8 Å². The average Bonchev–Trinajstić information content (AvgIpc) is 2.90. The molecule has 0 radical (unpaired) electrons. The topological polar surface area (TPSA) is 88.5 Å². The molecule has 0 spiro atoms. The molecule has 4 aromatic rings. The van der Waals surface area contributed by atoms with Gasteiger partial charge in [0.15, 0.2) is 0 Å². The summed E-state index contributed by atoms with van der Waals surface area (Å²) in [5.74, 6) is 1.88. The Balaban J connectivity index is 1.83. The van der Waals surface area contributed by atoms with Crippen LogP contribution in [0.5, 0.6) is 0 Å². The number of hydrogen-bond donors (Lipinski definition) is 2. The summed E-state index contributed by atoms with van der Waals surface area (Å²) >= 11 is 6.28. The molecule has 0 bridgehead atoms. The summed E-state index contributed by atoms with van der Waals surface area (Å²) < 4.78 is 1.66. The van der Waals surface area contributed by atoms with Crippen molar-refractivity contribution in [2.45, 2.75) is 13.8 Å². The highest BCUT2D eigenvalue weighted by Crippen LogP contribution is 2.24. The minimum absolute atomic E-state index is 0.229. The second-order valence-corrected chi connectivity index (χ2v) is 6.29. The third kappa shape index (κ3) is 2.93. The van der Waals surface area contributed by atoms with Crippen molar-refractivity contribution in [2.24, 2.45) is 0 Å². The highest BCUT2D eigenvalue weighted by Gasteiger charge is 2.12. The SMILES string of the molecule is Cc1cc(Nc2cc3c(cn2)c(=O)[nH]n3-c2ccccc2Cl)nc(C)n1. The highest BCUT2D eigenvalue weighted by atomic mass is 35.5. The molecule has 0 unspecified atom stereocenters. The van der Waals surface area contributed by atoms with Crippen LogP contribution < -0.4 is 10.9 Å². The van der Waals surface area contributed by atoms with Gasteiger partial charge < -0.3 is 5.32 Å². The molecule has 7 nitrogen and oxygen atoms in total. The number of anilines is 2. The van der Waals surface area contributed by atoms with E-state index in [0.29, 0.717) is 39.1 Å². The van der Waals surface area contributed by atoms with E-state index in [2.05, 4.69) is 25.4 Å². The van der Waals surface area contributed by atoms with Gasteiger partial charge in [-0.15, -0.1) is 0 Å². The van der Waals surface area contributed by atoms with Crippen LogP contribution in [0.2, 0.25) is 5.02 Å². The molecule has 0 aliphatic heterocycles. The Labute approximate surface area is 153 Å². The van der Waals surface area contributed by atoms with Gasteiger partial charge in [-0.1, -0.05) is 23.7 Å². The van der Waals surface area contributed by atoms with Gasteiger partial charge in [0.05, 0.1) is 21.6 Å². The monoisotopic (exact) mass is 366 g/mol. The molecule has 3 heterocycles. The molecule has 0 saturated carbocycles. The van der Waals surface area contributed by atoms with E-state index in [-0.39, 0.29) is 5.56 Å². The van der Waals surface area contributed by atoms with Gasteiger partial charge in [-0.2, -0.15) is 0 Å². The lowest BCUT2D eigenvalue weighted by molar-refractivity contribution is 0.891. The number of aromatic nitrogens is 5. The van der Waals surface area contributed by atoms with Crippen molar-refractivity contribution < 1.29 is 0 Å². The fourth-order valence-corrected chi connectivity index (χ4v) is 3.05. The summed E-state index contributed by atoms with van der Waals surface area (Å²) in [7, 11) is 0. The van der Waals surface area contributed by atoms with E-state index in [1.165, 1.54) is 6.20 Å². The van der Waals surface area contributed by atoms with Crippen LogP contribution in [0.15, 0.2) is 47.4 Å². The third-order valence-electron chi connectivity index (χ3n) is 3.90. The summed E-state index contributed by atoms with van der Waals surface area (Å²) in [6, 6.07) is 10.9. The van der Waals surface area contributed by atoms with E-state index >= 15 is 0 Å². The van der Waals surface area contributed by atoms with Crippen LogP contribution in [0.1, 0.15) is 11.5 Å². The molecule has 0 aliphatic carbocycles. The molecule has 130 valence electrons. The maximum absolute atomic E-state index is 12.2. The Morgan fingerprint density at radius 2 is 1.92 bits per heavy atom. The lowest BCUT2D eigenvalue weighted by atomic mass is 10.3. The Morgan fingerprint density at radius 1 is 1.12 bits per heavy atom.